The second-order valence-corrected chi connectivity index (χ2v) is 4.27. The van der Waals surface area contributed by atoms with Gasteiger partial charge in [-0.2, -0.15) is 4.39 Å². The molecule has 0 heterocycles. The summed E-state index contributed by atoms with van der Waals surface area (Å²) in [6.45, 7) is 3.78. The van der Waals surface area contributed by atoms with E-state index in [1.54, 1.807) is 12.1 Å². The lowest BCUT2D eigenvalue weighted by Crippen LogP contribution is -1.96. The molecule has 0 aliphatic carbocycles. The van der Waals surface area contributed by atoms with E-state index in [-0.39, 0.29) is 5.75 Å². The van der Waals surface area contributed by atoms with Gasteiger partial charge in [-0.05, 0) is 49.2 Å². The fraction of sp³-hybridized carbons (Fsp3) is 0.143. The highest BCUT2D eigenvalue weighted by Crippen LogP contribution is 2.33. The number of nitrogens with zero attached hydrogens (tertiary/aromatic N) is 1. The van der Waals surface area contributed by atoms with Gasteiger partial charge < -0.3 is 4.74 Å². The number of nitro benzene ring substituents is 1. The van der Waals surface area contributed by atoms with Crippen molar-refractivity contribution in [3.8, 4) is 11.5 Å². The first-order valence-electron chi connectivity index (χ1n) is 5.66. The van der Waals surface area contributed by atoms with Gasteiger partial charge in [0.25, 0.3) is 0 Å². The van der Waals surface area contributed by atoms with Crippen LogP contribution >= 0.6 is 0 Å². The van der Waals surface area contributed by atoms with Crippen LogP contribution in [0.1, 0.15) is 11.1 Å². The van der Waals surface area contributed by atoms with Crippen LogP contribution in [0.5, 0.6) is 11.5 Å². The number of benzene rings is 2. The largest absolute Gasteiger partial charge is 0.450 e. The predicted molar refractivity (Wildman–Crippen MR) is 69.0 cm³/mol. The molecule has 0 atom stereocenters. The fourth-order valence-electron chi connectivity index (χ4n) is 1.87. The van der Waals surface area contributed by atoms with Crippen LogP contribution in [0.2, 0.25) is 0 Å². The molecule has 0 radical (unpaired) electrons. The van der Waals surface area contributed by atoms with Crippen LogP contribution in [0, 0.1) is 29.8 Å². The normalized spacial score (nSPS) is 10.3. The second-order valence-electron chi connectivity index (χ2n) is 4.27. The molecular formula is C14H12FNO3. The molecule has 0 aliphatic heterocycles. The summed E-state index contributed by atoms with van der Waals surface area (Å²) in [5, 5.41) is 10.9. The highest BCUT2D eigenvalue weighted by Gasteiger charge is 2.21. The van der Waals surface area contributed by atoms with Gasteiger partial charge in [0.05, 0.1) is 4.92 Å². The van der Waals surface area contributed by atoms with Gasteiger partial charge >= 0.3 is 5.69 Å². The maximum Gasteiger partial charge on any atom is 0.346 e. The molecule has 2 aromatic carbocycles. The van der Waals surface area contributed by atoms with Crippen LogP contribution in [0.3, 0.4) is 0 Å². The van der Waals surface area contributed by atoms with Crippen molar-refractivity contribution in [3.05, 3.63) is 63.5 Å². The molecule has 0 spiro atoms. The zero-order valence-corrected chi connectivity index (χ0v) is 10.5. The quantitative estimate of drug-likeness (QED) is 0.616. The topological polar surface area (TPSA) is 52.4 Å². The van der Waals surface area contributed by atoms with Gasteiger partial charge in [0.15, 0.2) is 0 Å². The van der Waals surface area contributed by atoms with Gasteiger partial charge in [-0.25, -0.2) is 0 Å². The van der Waals surface area contributed by atoms with Crippen molar-refractivity contribution in [3.63, 3.8) is 0 Å². The minimum atomic E-state index is -0.910. The van der Waals surface area contributed by atoms with Crippen LogP contribution in [0.4, 0.5) is 10.1 Å². The zero-order valence-electron chi connectivity index (χ0n) is 10.5. The summed E-state index contributed by atoms with van der Waals surface area (Å²) in [6, 6.07) is 9.21. The Bertz CT molecular complexity index is 620. The second kappa shape index (κ2) is 5.06. The van der Waals surface area contributed by atoms with Crippen molar-refractivity contribution in [2.45, 2.75) is 13.8 Å². The van der Waals surface area contributed by atoms with Crippen molar-refractivity contribution < 1.29 is 14.1 Å². The van der Waals surface area contributed by atoms with Gasteiger partial charge in [-0.1, -0.05) is 12.1 Å². The molecule has 4 nitrogen and oxygen atoms in total. The summed E-state index contributed by atoms with van der Waals surface area (Å²) in [5.41, 5.74) is 1.28. The summed E-state index contributed by atoms with van der Waals surface area (Å²) < 4.78 is 18.9. The minimum absolute atomic E-state index is 0.102. The molecule has 0 fully saturated rings. The van der Waals surface area contributed by atoms with E-state index < -0.39 is 16.4 Å². The van der Waals surface area contributed by atoms with Gasteiger partial charge in [0.1, 0.15) is 5.75 Å². The molecule has 2 aromatic rings. The van der Waals surface area contributed by atoms with Crippen molar-refractivity contribution in [2.75, 3.05) is 0 Å². The number of halogens is 1. The van der Waals surface area contributed by atoms with E-state index in [9.17, 15) is 14.5 Å². The summed E-state index contributed by atoms with van der Waals surface area (Å²) in [5.74, 6) is -0.562. The van der Waals surface area contributed by atoms with Crippen molar-refractivity contribution >= 4 is 5.69 Å². The zero-order chi connectivity index (χ0) is 14.0. The van der Waals surface area contributed by atoms with Gasteiger partial charge in [-0.3, -0.25) is 10.1 Å². The van der Waals surface area contributed by atoms with Gasteiger partial charge in [0, 0.05) is 0 Å². The molecule has 0 bridgehead atoms. The number of rotatable bonds is 3. The maximum absolute atomic E-state index is 13.4. The Morgan fingerprint density at radius 3 is 2.37 bits per heavy atom. The molecule has 0 unspecified atom stereocenters. The van der Waals surface area contributed by atoms with E-state index in [1.165, 1.54) is 12.1 Å². The Morgan fingerprint density at radius 1 is 1.16 bits per heavy atom. The van der Waals surface area contributed by atoms with Crippen molar-refractivity contribution in [2.24, 2.45) is 0 Å². The fourth-order valence-corrected chi connectivity index (χ4v) is 1.87. The third kappa shape index (κ3) is 2.88. The lowest BCUT2D eigenvalue weighted by atomic mass is 10.1. The Labute approximate surface area is 109 Å². The molecule has 0 amide bonds. The molecule has 98 valence electrons. The molecular weight excluding hydrogens is 249 g/mol. The van der Waals surface area contributed by atoms with E-state index in [4.69, 9.17) is 4.74 Å². The summed E-state index contributed by atoms with van der Waals surface area (Å²) in [4.78, 5) is 10.1. The first-order chi connectivity index (χ1) is 8.97. The monoisotopic (exact) mass is 261 g/mol. The van der Waals surface area contributed by atoms with E-state index in [0.717, 1.165) is 17.2 Å². The molecule has 0 saturated heterocycles. The Hall–Kier alpha value is -2.43. The summed E-state index contributed by atoms with van der Waals surface area (Å²) in [6.07, 6.45) is 0. The third-order valence-corrected chi connectivity index (χ3v) is 2.56. The van der Waals surface area contributed by atoms with E-state index in [0.29, 0.717) is 5.75 Å². The molecule has 0 aliphatic rings. The van der Waals surface area contributed by atoms with Gasteiger partial charge in [-0.15, -0.1) is 0 Å². The summed E-state index contributed by atoms with van der Waals surface area (Å²) in [7, 11) is 0. The minimum Gasteiger partial charge on any atom is -0.450 e. The number of nitro groups is 1. The Morgan fingerprint density at radius 2 is 1.79 bits per heavy atom. The Balaban J connectivity index is 2.43. The lowest BCUT2D eigenvalue weighted by Gasteiger charge is -2.08. The average Bonchev–Trinajstić information content (AvgIpc) is 2.26. The molecule has 0 saturated carbocycles. The highest BCUT2D eigenvalue weighted by atomic mass is 19.1. The van der Waals surface area contributed by atoms with Crippen LogP contribution in [-0.2, 0) is 0 Å². The third-order valence-electron chi connectivity index (χ3n) is 2.56. The van der Waals surface area contributed by atoms with E-state index in [1.807, 2.05) is 19.9 Å². The first-order valence-corrected chi connectivity index (χ1v) is 5.66. The molecule has 19 heavy (non-hydrogen) atoms. The Kier molecular flexibility index (Phi) is 3.46. The van der Waals surface area contributed by atoms with Crippen molar-refractivity contribution in [1.29, 1.82) is 0 Å². The summed E-state index contributed by atoms with van der Waals surface area (Å²) >= 11 is 0. The molecule has 0 aromatic heterocycles. The van der Waals surface area contributed by atoms with Crippen LogP contribution in [-0.4, -0.2) is 4.92 Å². The number of ether oxygens (including phenoxy) is 1. The highest BCUT2D eigenvalue weighted by molar-refractivity contribution is 5.49. The number of aryl methyl sites for hydroxylation is 2. The molecule has 0 N–H and O–H groups in total. The van der Waals surface area contributed by atoms with E-state index >= 15 is 0 Å². The maximum atomic E-state index is 13.4. The molecule has 2 rings (SSSR count). The number of hydrogen-bond acceptors (Lipinski definition) is 3. The first kappa shape index (κ1) is 13.0. The van der Waals surface area contributed by atoms with Gasteiger partial charge in [0.2, 0.25) is 11.6 Å². The molecule has 5 heteroatoms. The van der Waals surface area contributed by atoms with Crippen LogP contribution < -0.4 is 4.74 Å². The average molecular weight is 261 g/mol. The SMILES string of the molecule is Cc1cc(C)cc(Oc2cccc(F)c2[N+](=O)[O-])c1. The lowest BCUT2D eigenvalue weighted by molar-refractivity contribution is -0.388. The number of hydrogen-bond donors (Lipinski definition) is 0. The standard InChI is InChI=1S/C14H12FNO3/c1-9-6-10(2)8-11(7-9)19-13-5-3-4-12(15)14(13)16(17)18/h3-8H,1-2H3. The van der Waals surface area contributed by atoms with Crippen LogP contribution in [0.15, 0.2) is 36.4 Å². The van der Waals surface area contributed by atoms with E-state index in [2.05, 4.69) is 0 Å². The number of para-hydroxylation sites is 1. The van der Waals surface area contributed by atoms with Crippen molar-refractivity contribution in [1.82, 2.24) is 0 Å². The predicted octanol–water partition coefficient (Wildman–Crippen LogP) is 4.14. The smallest absolute Gasteiger partial charge is 0.346 e. The van der Waals surface area contributed by atoms with Crippen LogP contribution in [0.25, 0.3) is 0 Å².